The number of rotatable bonds is 2. The Hall–Kier alpha value is -1.87. The number of amidine groups is 1. The minimum Gasteiger partial charge on any atom is -0.309 e. The van der Waals surface area contributed by atoms with Crippen molar-refractivity contribution in [1.29, 1.82) is 0 Å². The number of benzene rings is 2. The number of nitrogens with one attached hydrogen (secondary N) is 2. The maximum Gasteiger partial charge on any atom is 0.115 e. The first-order chi connectivity index (χ1) is 8.42. The Morgan fingerprint density at radius 1 is 1.06 bits per heavy atom. The quantitative estimate of drug-likeness (QED) is 0.819. The van der Waals surface area contributed by atoms with Crippen LogP contribution >= 0.6 is 0 Å². The molecule has 3 rings (SSSR count). The molecule has 0 saturated heterocycles. The molecule has 1 heterocycles. The zero-order chi connectivity index (χ0) is 11.5. The number of hydrazine groups is 1. The summed E-state index contributed by atoms with van der Waals surface area (Å²) < 4.78 is 0. The average Bonchev–Trinajstić information content (AvgIpc) is 2.40. The molecule has 2 N–H and O–H groups in total. The van der Waals surface area contributed by atoms with Crippen LogP contribution in [-0.4, -0.2) is 18.9 Å². The van der Waals surface area contributed by atoms with E-state index in [9.17, 15) is 0 Å². The van der Waals surface area contributed by atoms with E-state index in [1.165, 1.54) is 16.3 Å². The number of fused-ring (bicyclic) bond motifs is 1. The summed E-state index contributed by atoms with van der Waals surface area (Å²) in [4.78, 5) is 4.45. The fourth-order valence-corrected chi connectivity index (χ4v) is 2.09. The first-order valence-electron chi connectivity index (χ1n) is 5.92. The van der Waals surface area contributed by atoms with E-state index in [4.69, 9.17) is 0 Å². The van der Waals surface area contributed by atoms with Gasteiger partial charge in [-0.2, -0.15) is 0 Å². The van der Waals surface area contributed by atoms with Gasteiger partial charge in [0.2, 0.25) is 0 Å². The highest BCUT2D eigenvalue weighted by molar-refractivity contribution is 5.87. The van der Waals surface area contributed by atoms with Crippen molar-refractivity contribution in [3.05, 3.63) is 48.0 Å². The van der Waals surface area contributed by atoms with Crippen molar-refractivity contribution in [2.75, 3.05) is 13.1 Å². The van der Waals surface area contributed by atoms with Gasteiger partial charge in [-0.15, -0.1) is 0 Å². The predicted octanol–water partition coefficient (Wildman–Crippen LogP) is 1.89. The van der Waals surface area contributed by atoms with E-state index in [1.807, 2.05) is 0 Å². The summed E-state index contributed by atoms with van der Waals surface area (Å²) >= 11 is 0. The summed E-state index contributed by atoms with van der Waals surface area (Å²) in [6.07, 6.45) is 0.859. The average molecular weight is 225 g/mol. The molecule has 2 aromatic rings. The summed E-state index contributed by atoms with van der Waals surface area (Å²) in [6, 6.07) is 15.0. The predicted molar refractivity (Wildman–Crippen MR) is 71.1 cm³/mol. The van der Waals surface area contributed by atoms with E-state index in [-0.39, 0.29) is 0 Å². The van der Waals surface area contributed by atoms with Gasteiger partial charge in [0.15, 0.2) is 0 Å². The molecular formula is C14H15N3. The molecule has 3 nitrogen and oxygen atoms in total. The smallest absolute Gasteiger partial charge is 0.115 e. The second kappa shape index (κ2) is 4.55. The van der Waals surface area contributed by atoms with Crippen LogP contribution in [0.1, 0.15) is 5.56 Å². The molecule has 0 bridgehead atoms. The summed E-state index contributed by atoms with van der Waals surface area (Å²) in [5.41, 5.74) is 7.52. The van der Waals surface area contributed by atoms with Crippen molar-refractivity contribution in [2.24, 2.45) is 4.99 Å². The maximum atomic E-state index is 4.45. The molecule has 0 saturated carbocycles. The molecule has 0 unspecified atom stereocenters. The van der Waals surface area contributed by atoms with Gasteiger partial charge in [-0.3, -0.25) is 4.99 Å². The zero-order valence-corrected chi connectivity index (χ0v) is 9.61. The standard InChI is InChI=1S/C14H15N3/c1-2-4-13-9-11(5-6-12(13)3-1)10-14-15-7-8-16-17-14/h1-6,9,16H,7-8,10H2,(H,15,17). The second-order valence-electron chi connectivity index (χ2n) is 4.24. The Bertz CT molecular complexity index is 560. The molecule has 3 heteroatoms. The third kappa shape index (κ3) is 2.29. The van der Waals surface area contributed by atoms with Crippen LogP contribution in [0.2, 0.25) is 0 Å². The molecule has 1 aliphatic heterocycles. The van der Waals surface area contributed by atoms with Gasteiger partial charge in [0, 0.05) is 13.0 Å². The lowest BCUT2D eigenvalue weighted by atomic mass is 10.0. The highest BCUT2D eigenvalue weighted by atomic mass is 15.4. The van der Waals surface area contributed by atoms with Gasteiger partial charge in [0.1, 0.15) is 5.84 Å². The Balaban J connectivity index is 1.87. The highest BCUT2D eigenvalue weighted by Gasteiger charge is 2.05. The normalized spacial score (nSPS) is 15.4. The van der Waals surface area contributed by atoms with E-state index >= 15 is 0 Å². The summed E-state index contributed by atoms with van der Waals surface area (Å²) in [6.45, 7) is 1.76. The number of hydrogen-bond acceptors (Lipinski definition) is 3. The van der Waals surface area contributed by atoms with E-state index in [0.717, 1.165) is 25.3 Å². The Labute approximate surface area is 101 Å². The second-order valence-corrected chi connectivity index (χ2v) is 4.24. The highest BCUT2D eigenvalue weighted by Crippen LogP contribution is 2.16. The van der Waals surface area contributed by atoms with E-state index < -0.39 is 0 Å². The van der Waals surface area contributed by atoms with Crippen molar-refractivity contribution in [3.8, 4) is 0 Å². The van der Waals surface area contributed by atoms with Gasteiger partial charge >= 0.3 is 0 Å². The molecule has 0 atom stereocenters. The van der Waals surface area contributed by atoms with Crippen LogP contribution in [0.3, 0.4) is 0 Å². The lowest BCUT2D eigenvalue weighted by molar-refractivity contribution is 0.619. The number of nitrogens with zero attached hydrogens (tertiary/aromatic N) is 1. The van der Waals surface area contributed by atoms with Crippen LogP contribution < -0.4 is 10.9 Å². The number of aliphatic imine (C=N–C) groups is 1. The molecule has 0 radical (unpaired) electrons. The molecule has 0 aliphatic carbocycles. The van der Waals surface area contributed by atoms with E-state index in [1.54, 1.807) is 0 Å². The molecule has 1 aliphatic rings. The molecule has 0 aromatic heterocycles. The summed E-state index contributed by atoms with van der Waals surface area (Å²) in [5, 5.41) is 2.57. The summed E-state index contributed by atoms with van der Waals surface area (Å²) in [5.74, 6) is 1.02. The topological polar surface area (TPSA) is 36.4 Å². The van der Waals surface area contributed by atoms with Crippen molar-refractivity contribution in [1.82, 2.24) is 10.9 Å². The van der Waals surface area contributed by atoms with Crippen LogP contribution in [0.25, 0.3) is 10.8 Å². The van der Waals surface area contributed by atoms with Crippen molar-refractivity contribution >= 4 is 16.6 Å². The Kier molecular flexibility index (Phi) is 2.76. The zero-order valence-electron chi connectivity index (χ0n) is 9.61. The van der Waals surface area contributed by atoms with Crippen molar-refractivity contribution < 1.29 is 0 Å². The Morgan fingerprint density at radius 2 is 1.94 bits per heavy atom. The first kappa shape index (κ1) is 10.3. The third-order valence-electron chi connectivity index (χ3n) is 2.96. The van der Waals surface area contributed by atoms with Crippen LogP contribution in [0.4, 0.5) is 0 Å². The van der Waals surface area contributed by atoms with Gasteiger partial charge in [-0.1, -0.05) is 42.5 Å². The monoisotopic (exact) mass is 225 g/mol. The fraction of sp³-hybridized carbons (Fsp3) is 0.214. The van der Waals surface area contributed by atoms with Gasteiger partial charge in [0.25, 0.3) is 0 Å². The molecule has 17 heavy (non-hydrogen) atoms. The SMILES string of the molecule is c1ccc2cc(CC3=NCCNN3)ccc2c1. The molecule has 86 valence electrons. The van der Waals surface area contributed by atoms with Gasteiger partial charge in [0.05, 0.1) is 6.54 Å². The van der Waals surface area contributed by atoms with Crippen molar-refractivity contribution in [3.63, 3.8) is 0 Å². The van der Waals surface area contributed by atoms with Crippen LogP contribution in [0.15, 0.2) is 47.5 Å². The third-order valence-corrected chi connectivity index (χ3v) is 2.96. The summed E-state index contributed by atoms with van der Waals surface area (Å²) in [7, 11) is 0. The lowest BCUT2D eigenvalue weighted by Crippen LogP contribution is -2.43. The Morgan fingerprint density at radius 3 is 2.76 bits per heavy atom. The minimum absolute atomic E-state index is 0.857. The molecule has 2 aromatic carbocycles. The van der Waals surface area contributed by atoms with Gasteiger partial charge in [-0.25, -0.2) is 5.43 Å². The fourth-order valence-electron chi connectivity index (χ4n) is 2.09. The molecule has 0 fully saturated rings. The van der Waals surface area contributed by atoms with Gasteiger partial charge < -0.3 is 5.43 Å². The van der Waals surface area contributed by atoms with E-state index in [0.29, 0.717) is 0 Å². The van der Waals surface area contributed by atoms with E-state index in [2.05, 4.69) is 58.3 Å². The number of hydrogen-bond donors (Lipinski definition) is 2. The first-order valence-corrected chi connectivity index (χ1v) is 5.92. The molecule has 0 spiro atoms. The van der Waals surface area contributed by atoms with Gasteiger partial charge in [-0.05, 0) is 16.3 Å². The molecular weight excluding hydrogens is 210 g/mol. The van der Waals surface area contributed by atoms with Crippen molar-refractivity contribution in [2.45, 2.75) is 6.42 Å². The van der Waals surface area contributed by atoms with Crippen LogP contribution in [-0.2, 0) is 6.42 Å². The lowest BCUT2D eigenvalue weighted by Gasteiger charge is -2.15. The largest absolute Gasteiger partial charge is 0.309 e. The van der Waals surface area contributed by atoms with Crippen LogP contribution in [0.5, 0.6) is 0 Å². The minimum atomic E-state index is 0.857. The maximum absolute atomic E-state index is 4.45. The molecule has 0 amide bonds. The van der Waals surface area contributed by atoms with Crippen LogP contribution in [0, 0.1) is 0 Å².